The van der Waals surface area contributed by atoms with E-state index in [-0.39, 0.29) is 0 Å². The number of rotatable bonds is 5. The number of aryl methyl sites for hydroxylation is 3. The number of para-hydroxylation sites is 2. The van der Waals surface area contributed by atoms with Gasteiger partial charge in [-0.3, -0.25) is 4.98 Å². The fraction of sp³-hybridized carbons (Fsp3) is 0.227. The van der Waals surface area contributed by atoms with Crippen molar-refractivity contribution in [2.24, 2.45) is 0 Å². The number of hydrogen-bond acceptors (Lipinski definition) is 7. The number of nitrogens with zero attached hydrogens (tertiary/aromatic N) is 5. The molecular weight excluding hydrogens is 398 g/mol. The van der Waals surface area contributed by atoms with Crippen molar-refractivity contribution in [2.45, 2.75) is 31.7 Å². The van der Waals surface area contributed by atoms with Crippen molar-refractivity contribution in [2.75, 3.05) is 7.11 Å². The Morgan fingerprint density at radius 2 is 1.80 bits per heavy atom. The molecule has 2 aromatic heterocycles. The third-order valence-corrected chi connectivity index (χ3v) is 5.98. The number of fused-ring (bicyclic) bond motifs is 1. The Morgan fingerprint density at radius 3 is 2.53 bits per heavy atom. The van der Waals surface area contributed by atoms with Crippen molar-refractivity contribution < 1.29 is 9.53 Å². The first-order chi connectivity index (χ1) is 14.5. The number of thioether (sulfide) groups is 1. The van der Waals surface area contributed by atoms with Crippen LogP contribution in [-0.4, -0.2) is 38.3 Å². The topological polar surface area (TPSA) is 82.8 Å². The molecule has 0 amide bonds. The molecule has 0 aliphatic carbocycles. The van der Waals surface area contributed by atoms with E-state index in [4.69, 9.17) is 9.72 Å². The maximum absolute atomic E-state index is 12.5. The minimum Gasteiger partial charge on any atom is -0.465 e. The number of esters is 1. The van der Waals surface area contributed by atoms with Crippen molar-refractivity contribution in [3.63, 3.8) is 0 Å². The second-order valence-corrected chi connectivity index (χ2v) is 7.91. The molecule has 0 unspecified atom stereocenters. The van der Waals surface area contributed by atoms with Gasteiger partial charge in [0.25, 0.3) is 0 Å². The molecule has 0 bridgehead atoms. The highest BCUT2D eigenvalue weighted by Gasteiger charge is 2.21. The molecule has 7 nitrogen and oxygen atoms in total. The summed E-state index contributed by atoms with van der Waals surface area (Å²) in [4.78, 5) is 17.3. The maximum Gasteiger partial charge on any atom is 0.340 e. The van der Waals surface area contributed by atoms with Gasteiger partial charge in [-0.05, 0) is 54.0 Å². The van der Waals surface area contributed by atoms with Crippen LogP contribution in [0.2, 0.25) is 0 Å². The number of methoxy groups -OCH3 is 1. The van der Waals surface area contributed by atoms with Crippen molar-refractivity contribution in [3.05, 3.63) is 70.4 Å². The molecule has 30 heavy (non-hydrogen) atoms. The van der Waals surface area contributed by atoms with E-state index in [2.05, 4.69) is 15.5 Å². The molecule has 0 fully saturated rings. The van der Waals surface area contributed by atoms with E-state index in [9.17, 15) is 4.79 Å². The van der Waals surface area contributed by atoms with Crippen molar-refractivity contribution >= 4 is 28.6 Å². The monoisotopic (exact) mass is 419 g/mol. The van der Waals surface area contributed by atoms with Gasteiger partial charge in [0, 0.05) is 11.1 Å². The minimum atomic E-state index is -0.393. The molecule has 0 saturated heterocycles. The summed E-state index contributed by atoms with van der Waals surface area (Å²) in [6.45, 7) is 5.98. The lowest BCUT2D eigenvalue weighted by Gasteiger charge is -2.13. The number of ether oxygens (including phenoxy) is 1. The second-order valence-electron chi connectivity index (χ2n) is 6.97. The Balaban J connectivity index is 1.74. The number of tetrazole rings is 1. The first-order valence-corrected chi connectivity index (χ1v) is 10.4. The molecule has 2 heterocycles. The van der Waals surface area contributed by atoms with Crippen molar-refractivity contribution in [1.29, 1.82) is 0 Å². The molecule has 0 atom stereocenters. The van der Waals surface area contributed by atoms with Crippen LogP contribution in [0.15, 0.2) is 47.6 Å². The van der Waals surface area contributed by atoms with Gasteiger partial charge in [-0.2, -0.15) is 4.68 Å². The number of carbonyl (C=O) groups excluding carboxylic acids is 1. The van der Waals surface area contributed by atoms with Gasteiger partial charge in [-0.1, -0.05) is 48.2 Å². The van der Waals surface area contributed by atoms with Gasteiger partial charge in [0.2, 0.25) is 5.16 Å². The molecule has 0 aliphatic heterocycles. The Kier molecular flexibility index (Phi) is 5.50. The van der Waals surface area contributed by atoms with Gasteiger partial charge >= 0.3 is 5.97 Å². The average molecular weight is 420 g/mol. The summed E-state index contributed by atoms with van der Waals surface area (Å²) in [6, 6.07) is 13.8. The summed E-state index contributed by atoms with van der Waals surface area (Å²) >= 11 is 1.43. The van der Waals surface area contributed by atoms with Crippen LogP contribution >= 0.6 is 11.8 Å². The summed E-state index contributed by atoms with van der Waals surface area (Å²) in [6.07, 6.45) is 0. The number of aromatic nitrogens is 5. The summed E-state index contributed by atoms with van der Waals surface area (Å²) in [5, 5.41) is 13.8. The summed E-state index contributed by atoms with van der Waals surface area (Å²) in [5.74, 6) is 0.0391. The predicted octanol–water partition coefficient (Wildman–Crippen LogP) is 4.21. The molecule has 0 N–H and O–H groups in total. The largest absolute Gasteiger partial charge is 0.465 e. The molecule has 4 aromatic rings. The van der Waals surface area contributed by atoms with E-state index in [1.165, 1.54) is 18.9 Å². The van der Waals surface area contributed by atoms with Crippen LogP contribution in [0.5, 0.6) is 0 Å². The van der Waals surface area contributed by atoms with Crippen LogP contribution in [0, 0.1) is 20.8 Å². The lowest BCUT2D eigenvalue weighted by Crippen LogP contribution is -2.11. The van der Waals surface area contributed by atoms with Crippen LogP contribution in [0.25, 0.3) is 16.6 Å². The normalized spacial score (nSPS) is 11.1. The van der Waals surface area contributed by atoms with E-state index in [1.807, 2.05) is 63.2 Å². The standard InChI is InChI=1S/C22H21N5O2S/c1-13-8-7-9-14(2)20(13)27-22(24-25-26-27)30-12-18-19(21(28)29-4)15(3)16-10-5-6-11-17(16)23-18/h5-11H,12H2,1-4H3. The number of hydrogen-bond donors (Lipinski definition) is 0. The molecule has 0 spiro atoms. The van der Waals surface area contributed by atoms with E-state index < -0.39 is 5.97 Å². The molecule has 0 aliphatic rings. The molecule has 2 aromatic carbocycles. The molecule has 4 rings (SSSR count). The van der Waals surface area contributed by atoms with E-state index in [0.29, 0.717) is 22.2 Å². The highest BCUT2D eigenvalue weighted by atomic mass is 32.2. The zero-order valence-electron chi connectivity index (χ0n) is 17.2. The molecule has 152 valence electrons. The summed E-state index contributed by atoms with van der Waals surface area (Å²) in [7, 11) is 1.38. The fourth-order valence-electron chi connectivity index (χ4n) is 3.60. The van der Waals surface area contributed by atoms with Crippen LogP contribution in [0.1, 0.15) is 32.7 Å². The van der Waals surface area contributed by atoms with E-state index in [0.717, 1.165) is 33.3 Å². The third-order valence-electron chi connectivity index (χ3n) is 5.05. The number of carbonyl (C=O) groups is 1. The Morgan fingerprint density at radius 1 is 1.07 bits per heavy atom. The Labute approximate surface area is 178 Å². The molecule has 8 heteroatoms. The molecule has 0 radical (unpaired) electrons. The second kappa shape index (κ2) is 8.23. The third kappa shape index (κ3) is 3.54. The zero-order valence-corrected chi connectivity index (χ0v) is 18.0. The summed E-state index contributed by atoms with van der Waals surface area (Å²) in [5.41, 5.74) is 5.97. The van der Waals surface area contributed by atoms with Crippen molar-refractivity contribution in [1.82, 2.24) is 25.2 Å². The SMILES string of the molecule is COC(=O)c1c(CSc2nnnn2-c2c(C)cccc2C)nc2ccccc2c1C. The van der Waals surface area contributed by atoms with Gasteiger partial charge in [-0.15, -0.1) is 5.10 Å². The predicted molar refractivity (Wildman–Crippen MR) is 116 cm³/mol. The lowest BCUT2D eigenvalue weighted by atomic mass is 10.0. The van der Waals surface area contributed by atoms with Gasteiger partial charge in [0.1, 0.15) is 0 Å². The van der Waals surface area contributed by atoms with Crippen LogP contribution in [0.4, 0.5) is 0 Å². The first kappa shape index (κ1) is 20.0. The molecule has 0 saturated carbocycles. The molecular formula is C22H21N5O2S. The maximum atomic E-state index is 12.5. The highest BCUT2D eigenvalue weighted by molar-refractivity contribution is 7.98. The smallest absolute Gasteiger partial charge is 0.340 e. The van der Waals surface area contributed by atoms with Gasteiger partial charge in [-0.25, -0.2) is 4.79 Å². The summed E-state index contributed by atoms with van der Waals surface area (Å²) < 4.78 is 6.77. The van der Waals surface area contributed by atoms with Crippen LogP contribution in [-0.2, 0) is 10.5 Å². The Bertz CT molecular complexity index is 1230. The van der Waals surface area contributed by atoms with Gasteiger partial charge in [0.15, 0.2) is 0 Å². The first-order valence-electron chi connectivity index (χ1n) is 9.45. The number of pyridine rings is 1. The van der Waals surface area contributed by atoms with Crippen LogP contribution < -0.4 is 0 Å². The van der Waals surface area contributed by atoms with E-state index >= 15 is 0 Å². The minimum absolute atomic E-state index is 0.393. The van der Waals surface area contributed by atoms with E-state index in [1.54, 1.807) is 4.68 Å². The highest BCUT2D eigenvalue weighted by Crippen LogP contribution is 2.30. The van der Waals surface area contributed by atoms with Crippen LogP contribution in [0.3, 0.4) is 0 Å². The zero-order chi connectivity index (χ0) is 21.3. The lowest BCUT2D eigenvalue weighted by molar-refractivity contribution is 0.0598. The van der Waals surface area contributed by atoms with Crippen molar-refractivity contribution in [3.8, 4) is 5.69 Å². The average Bonchev–Trinajstić information content (AvgIpc) is 3.20. The van der Waals surface area contributed by atoms with Gasteiger partial charge < -0.3 is 4.74 Å². The van der Waals surface area contributed by atoms with Gasteiger partial charge in [0.05, 0.1) is 29.6 Å². The quantitative estimate of drug-likeness (QED) is 0.354. The Hall–Kier alpha value is -3.26. The fourth-order valence-corrected chi connectivity index (χ4v) is 4.42. The number of benzene rings is 2.